The quantitative estimate of drug-likeness (QED) is 0.526. The lowest BCUT2D eigenvalue weighted by atomic mass is 10.2. The molecule has 0 aliphatic heterocycles. The molecule has 0 saturated carbocycles. The zero-order valence-electron chi connectivity index (χ0n) is 5.44. The van der Waals surface area contributed by atoms with Crippen LogP contribution in [0, 0.1) is 6.92 Å². The fourth-order valence-electron chi connectivity index (χ4n) is 0.601. The van der Waals surface area contributed by atoms with Gasteiger partial charge in [-0.25, -0.2) is 0 Å². The van der Waals surface area contributed by atoms with Crippen molar-refractivity contribution >= 4 is 17.1 Å². The van der Waals surface area contributed by atoms with Crippen molar-refractivity contribution in [2.24, 2.45) is 0 Å². The van der Waals surface area contributed by atoms with Crippen molar-refractivity contribution in [3.8, 4) is 0 Å². The van der Waals surface area contributed by atoms with Gasteiger partial charge >= 0.3 is 0 Å². The Morgan fingerprint density at radius 1 is 1.50 bits per heavy atom. The van der Waals surface area contributed by atoms with E-state index < -0.39 is 0 Å². The maximum atomic E-state index is 5.01. The van der Waals surface area contributed by atoms with Crippen molar-refractivity contribution in [1.29, 1.82) is 0 Å². The van der Waals surface area contributed by atoms with Crippen LogP contribution in [0.5, 0.6) is 0 Å². The van der Waals surface area contributed by atoms with Crippen molar-refractivity contribution in [3.63, 3.8) is 0 Å². The minimum absolute atomic E-state index is 0.957. The molecule has 0 nitrogen and oxygen atoms in total. The second kappa shape index (κ2) is 5.23. The van der Waals surface area contributed by atoms with Gasteiger partial charge in [-0.15, -0.1) is 0 Å². The van der Waals surface area contributed by atoms with Crippen LogP contribution in [0.2, 0.25) is 0 Å². The van der Waals surface area contributed by atoms with Gasteiger partial charge in [0, 0.05) is 0 Å². The van der Waals surface area contributed by atoms with E-state index >= 15 is 0 Å². The van der Waals surface area contributed by atoms with Crippen LogP contribution >= 0.6 is 12.2 Å². The molecule has 0 spiro atoms. The third-order valence-electron chi connectivity index (χ3n) is 0.984. The lowest BCUT2D eigenvalue weighted by Gasteiger charge is -1.95. The normalized spacial score (nSPS) is 9.25. The van der Waals surface area contributed by atoms with Gasteiger partial charge in [0.15, 0.2) is 0 Å². The minimum Gasteiger partial charge on any atom is -0.0897 e. The van der Waals surface area contributed by atoms with Crippen molar-refractivity contribution in [2.45, 2.75) is 32.6 Å². The molecule has 0 aromatic rings. The highest BCUT2D eigenvalue weighted by Gasteiger charge is 1.90. The minimum atomic E-state index is 0.957. The second-order valence-corrected chi connectivity index (χ2v) is 2.47. The van der Waals surface area contributed by atoms with Gasteiger partial charge in [0.25, 0.3) is 0 Å². The molecule has 1 radical (unpaired) electrons. The van der Waals surface area contributed by atoms with Gasteiger partial charge in [0.2, 0.25) is 0 Å². The maximum absolute atomic E-state index is 5.01. The smallest absolute Gasteiger partial charge is 0.00716 e. The summed E-state index contributed by atoms with van der Waals surface area (Å²) >= 11 is 5.01. The Hall–Kier alpha value is 0.0900. The SMILES string of the molecule is [CH2]CCC(=S)CCC. The number of hydrogen-bond donors (Lipinski definition) is 0. The van der Waals surface area contributed by atoms with Crippen molar-refractivity contribution in [1.82, 2.24) is 0 Å². The molecule has 47 valence electrons. The highest BCUT2D eigenvalue weighted by atomic mass is 32.1. The van der Waals surface area contributed by atoms with Crippen LogP contribution in [-0.2, 0) is 0 Å². The summed E-state index contributed by atoms with van der Waals surface area (Å²) in [7, 11) is 0. The molecule has 0 aromatic carbocycles. The lowest BCUT2D eigenvalue weighted by Crippen LogP contribution is -1.90. The summed E-state index contributed by atoms with van der Waals surface area (Å²) in [5, 5.41) is 0. The molecule has 8 heavy (non-hydrogen) atoms. The monoisotopic (exact) mass is 129 g/mol. The van der Waals surface area contributed by atoms with Crippen molar-refractivity contribution in [2.75, 3.05) is 0 Å². The molecule has 0 aromatic heterocycles. The molecular formula is C7H13S. The first-order chi connectivity index (χ1) is 3.81. The highest BCUT2D eigenvalue weighted by molar-refractivity contribution is 7.80. The van der Waals surface area contributed by atoms with Gasteiger partial charge in [-0.1, -0.05) is 32.5 Å². The average molecular weight is 129 g/mol. The molecule has 0 N–H and O–H groups in total. The van der Waals surface area contributed by atoms with Crippen LogP contribution in [-0.4, -0.2) is 4.86 Å². The molecule has 0 heterocycles. The van der Waals surface area contributed by atoms with Gasteiger partial charge < -0.3 is 0 Å². The van der Waals surface area contributed by atoms with E-state index in [0.29, 0.717) is 0 Å². The van der Waals surface area contributed by atoms with Crippen LogP contribution in [0.15, 0.2) is 0 Å². The summed E-state index contributed by atoms with van der Waals surface area (Å²) in [5.74, 6) is 0. The van der Waals surface area contributed by atoms with Crippen LogP contribution < -0.4 is 0 Å². The Morgan fingerprint density at radius 3 is 2.50 bits per heavy atom. The molecule has 0 amide bonds. The van der Waals surface area contributed by atoms with Crippen molar-refractivity contribution < 1.29 is 0 Å². The standard InChI is InChI=1S/C7H13S/c1-3-5-7(8)6-4-2/h1,3-6H2,2H3. The summed E-state index contributed by atoms with van der Waals surface area (Å²) in [6.45, 7) is 5.87. The third-order valence-corrected chi connectivity index (χ3v) is 1.39. The first-order valence-corrected chi connectivity index (χ1v) is 3.53. The Balaban J connectivity index is 3.06. The molecule has 0 rings (SSSR count). The molecule has 0 unspecified atom stereocenters. The summed E-state index contributed by atoms with van der Waals surface area (Å²) in [6, 6.07) is 0. The largest absolute Gasteiger partial charge is 0.0897 e. The van der Waals surface area contributed by atoms with E-state index in [-0.39, 0.29) is 0 Å². The molecule has 0 bridgehead atoms. The van der Waals surface area contributed by atoms with E-state index in [1.54, 1.807) is 0 Å². The molecule has 0 atom stereocenters. The van der Waals surface area contributed by atoms with E-state index in [4.69, 9.17) is 12.2 Å². The fourth-order valence-corrected chi connectivity index (χ4v) is 0.949. The Kier molecular flexibility index (Phi) is 5.29. The van der Waals surface area contributed by atoms with Gasteiger partial charge in [0.05, 0.1) is 0 Å². The maximum Gasteiger partial charge on any atom is -0.00716 e. The summed E-state index contributed by atoms with van der Waals surface area (Å²) < 4.78 is 0. The van der Waals surface area contributed by atoms with E-state index in [1.807, 2.05) is 0 Å². The fraction of sp³-hybridized carbons (Fsp3) is 0.714. The molecule has 0 aliphatic rings. The van der Waals surface area contributed by atoms with E-state index in [2.05, 4.69) is 13.8 Å². The summed E-state index contributed by atoms with van der Waals surface area (Å²) in [4.78, 5) is 1.18. The third kappa shape index (κ3) is 4.25. The zero-order chi connectivity index (χ0) is 6.41. The predicted molar refractivity (Wildman–Crippen MR) is 42.1 cm³/mol. The van der Waals surface area contributed by atoms with Crippen molar-refractivity contribution in [3.05, 3.63) is 6.92 Å². The molecule has 0 aliphatic carbocycles. The molecule has 0 saturated heterocycles. The van der Waals surface area contributed by atoms with Crippen LogP contribution in [0.1, 0.15) is 32.6 Å². The van der Waals surface area contributed by atoms with Gasteiger partial charge in [-0.05, 0) is 24.1 Å². The first-order valence-electron chi connectivity index (χ1n) is 3.12. The van der Waals surface area contributed by atoms with Gasteiger partial charge in [-0.2, -0.15) is 0 Å². The predicted octanol–water partition coefficient (Wildman–Crippen LogP) is 2.77. The highest BCUT2D eigenvalue weighted by Crippen LogP contribution is 1.98. The average Bonchev–Trinajstić information content (AvgIpc) is 1.68. The topological polar surface area (TPSA) is 0 Å². The molecular weight excluding hydrogens is 116 g/mol. The Labute approximate surface area is 57.3 Å². The van der Waals surface area contributed by atoms with E-state index in [9.17, 15) is 0 Å². The lowest BCUT2D eigenvalue weighted by molar-refractivity contribution is 0.963. The van der Waals surface area contributed by atoms with E-state index in [0.717, 1.165) is 19.3 Å². The van der Waals surface area contributed by atoms with Gasteiger partial charge in [0.1, 0.15) is 0 Å². The van der Waals surface area contributed by atoms with Gasteiger partial charge in [-0.3, -0.25) is 0 Å². The Bertz CT molecular complexity index is 58.8. The van der Waals surface area contributed by atoms with Crippen LogP contribution in [0.25, 0.3) is 0 Å². The second-order valence-electron chi connectivity index (χ2n) is 1.89. The van der Waals surface area contributed by atoms with Crippen LogP contribution in [0.3, 0.4) is 0 Å². The number of rotatable bonds is 4. The molecule has 0 fully saturated rings. The Morgan fingerprint density at radius 2 is 2.12 bits per heavy atom. The van der Waals surface area contributed by atoms with Crippen LogP contribution in [0.4, 0.5) is 0 Å². The summed E-state index contributed by atoms with van der Waals surface area (Å²) in [5.41, 5.74) is 0. The van der Waals surface area contributed by atoms with E-state index in [1.165, 1.54) is 11.3 Å². The first kappa shape index (κ1) is 8.09. The number of hydrogen-bond acceptors (Lipinski definition) is 1. The summed E-state index contributed by atoms with van der Waals surface area (Å²) in [6.07, 6.45) is 4.27. The zero-order valence-corrected chi connectivity index (χ0v) is 6.26. The molecule has 1 heteroatoms. The number of thiocarbonyl (C=S) groups is 1.